The van der Waals surface area contributed by atoms with Crippen LogP contribution in [-0.4, -0.2) is 28.9 Å². The van der Waals surface area contributed by atoms with Gasteiger partial charge in [-0.1, -0.05) is 29.8 Å². The zero-order chi connectivity index (χ0) is 17.4. The molecule has 0 atom stereocenters. The van der Waals surface area contributed by atoms with E-state index in [0.717, 1.165) is 24.2 Å². The summed E-state index contributed by atoms with van der Waals surface area (Å²) in [5, 5.41) is 10.3. The van der Waals surface area contributed by atoms with Gasteiger partial charge in [-0.05, 0) is 56.6 Å². The summed E-state index contributed by atoms with van der Waals surface area (Å²) < 4.78 is 5.91. The van der Waals surface area contributed by atoms with Crippen LogP contribution in [0.25, 0.3) is 6.08 Å². The maximum Gasteiger partial charge on any atom is 0.231 e. The smallest absolute Gasteiger partial charge is 0.231 e. The van der Waals surface area contributed by atoms with Gasteiger partial charge in [0.05, 0.1) is 11.1 Å². The minimum atomic E-state index is -0.126. The molecule has 2 aliphatic rings. The standard InChI is InChI=1S/C21H21NO3/c1-14-5-4-6-15(11-14)12-19-20(24)16-7-8-18(23)17(21(16)25-19)13-22-9-2-3-10-22/h4-8,11-12,23H,2-3,9-10,13H2,1H3/b19-12+. The Hall–Kier alpha value is -2.59. The number of fused-ring (bicyclic) bond motifs is 1. The first-order valence-corrected chi connectivity index (χ1v) is 8.70. The van der Waals surface area contributed by atoms with E-state index in [9.17, 15) is 9.90 Å². The van der Waals surface area contributed by atoms with E-state index >= 15 is 0 Å². The minimum absolute atomic E-state index is 0.126. The molecule has 1 fully saturated rings. The Morgan fingerprint density at radius 2 is 2.00 bits per heavy atom. The fourth-order valence-corrected chi connectivity index (χ4v) is 3.53. The van der Waals surface area contributed by atoms with Crippen molar-refractivity contribution in [2.45, 2.75) is 26.3 Å². The number of carbonyl (C=O) groups excluding carboxylic acids is 1. The first-order chi connectivity index (χ1) is 12.1. The number of ether oxygens (including phenoxy) is 1. The minimum Gasteiger partial charge on any atom is -0.507 e. The Kier molecular flexibility index (Phi) is 4.06. The number of hydrogen-bond donors (Lipinski definition) is 1. The van der Waals surface area contributed by atoms with E-state index in [1.165, 1.54) is 12.8 Å². The normalized spacial score (nSPS) is 18.6. The molecule has 1 N–H and O–H groups in total. The highest BCUT2D eigenvalue weighted by Crippen LogP contribution is 2.40. The maximum atomic E-state index is 12.7. The van der Waals surface area contributed by atoms with Crippen molar-refractivity contribution in [3.05, 3.63) is 64.4 Å². The molecule has 0 bridgehead atoms. The van der Waals surface area contributed by atoms with E-state index in [1.54, 1.807) is 18.2 Å². The molecule has 4 nitrogen and oxygen atoms in total. The van der Waals surface area contributed by atoms with Gasteiger partial charge in [-0.2, -0.15) is 0 Å². The summed E-state index contributed by atoms with van der Waals surface area (Å²) in [6, 6.07) is 11.2. The number of hydrogen-bond acceptors (Lipinski definition) is 4. The average Bonchev–Trinajstić information content (AvgIpc) is 3.20. The number of phenolic OH excluding ortho intramolecular Hbond substituents is 1. The molecule has 4 rings (SSSR count). The zero-order valence-corrected chi connectivity index (χ0v) is 14.3. The van der Waals surface area contributed by atoms with Crippen molar-refractivity contribution in [1.29, 1.82) is 0 Å². The van der Waals surface area contributed by atoms with Crippen LogP contribution in [0.1, 0.15) is 39.9 Å². The lowest BCUT2D eigenvalue weighted by Crippen LogP contribution is -2.18. The number of allylic oxidation sites excluding steroid dienone is 1. The molecule has 0 amide bonds. The van der Waals surface area contributed by atoms with Crippen LogP contribution in [0, 0.1) is 6.92 Å². The van der Waals surface area contributed by atoms with Crippen LogP contribution in [0.5, 0.6) is 11.5 Å². The highest BCUT2D eigenvalue weighted by atomic mass is 16.5. The molecule has 0 aromatic heterocycles. The summed E-state index contributed by atoms with van der Waals surface area (Å²) in [7, 11) is 0. The lowest BCUT2D eigenvalue weighted by Gasteiger charge is -2.17. The van der Waals surface area contributed by atoms with Crippen LogP contribution in [0.15, 0.2) is 42.2 Å². The third kappa shape index (κ3) is 3.05. The fourth-order valence-electron chi connectivity index (χ4n) is 3.53. The molecule has 0 spiro atoms. The summed E-state index contributed by atoms with van der Waals surface area (Å²) in [6.45, 7) is 4.66. The van der Waals surface area contributed by atoms with Gasteiger partial charge in [0.2, 0.25) is 5.78 Å². The van der Waals surface area contributed by atoms with Crippen LogP contribution in [-0.2, 0) is 6.54 Å². The summed E-state index contributed by atoms with van der Waals surface area (Å²) >= 11 is 0. The van der Waals surface area contributed by atoms with Crippen molar-refractivity contribution in [3.63, 3.8) is 0 Å². The van der Waals surface area contributed by atoms with E-state index in [-0.39, 0.29) is 11.5 Å². The second-order valence-electron chi connectivity index (χ2n) is 6.78. The molecule has 128 valence electrons. The van der Waals surface area contributed by atoms with Gasteiger partial charge in [0, 0.05) is 6.54 Å². The Bertz CT molecular complexity index is 863. The number of rotatable bonds is 3. The van der Waals surface area contributed by atoms with Gasteiger partial charge in [-0.3, -0.25) is 9.69 Å². The van der Waals surface area contributed by atoms with Crippen LogP contribution in [0.4, 0.5) is 0 Å². The van der Waals surface area contributed by atoms with Crippen molar-refractivity contribution in [2.24, 2.45) is 0 Å². The van der Waals surface area contributed by atoms with Gasteiger partial charge >= 0.3 is 0 Å². The number of ketones is 1. The van der Waals surface area contributed by atoms with Gasteiger partial charge in [0.15, 0.2) is 5.76 Å². The third-order valence-electron chi connectivity index (χ3n) is 4.84. The number of aryl methyl sites for hydroxylation is 1. The first-order valence-electron chi connectivity index (χ1n) is 8.70. The molecule has 0 aliphatic carbocycles. The molecule has 1 saturated heterocycles. The molecule has 4 heteroatoms. The largest absolute Gasteiger partial charge is 0.507 e. The van der Waals surface area contributed by atoms with E-state index in [1.807, 2.05) is 31.2 Å². The van der Waals surface area contributed by atoms with Crippen molar-refractivity contribution in [3.8, 4) is 11.5 Å². The average molecular weight is 335 g/mol. The topological polar surface area (TPSA) is 49.8 Å². The van der Waals surface area contributed by atoms with Crippen molar-refractivity contribution < 1.29 is 14.6 Å². The van der Waals surface area contributed by atoms with Crippen molar-refractivity contribution in [2.75, 3.05) is 13.1 Å². The lowest BCUT2D eigenvalue weighted by molar-refractivity contribution is 0.101. The van der Waals surface area contributed by atoms with Crippen LogP contribution in [0.3, 0.4) is 0 Å². The molecule has 2 heterocycles. The van der Waals surface area contributed by atoms with Crippen LogP contribution >= 0.6 is 0 Å². The van der Waals surface area contributed by atoms with E-state index in [2.05, 4.69) is 4.90 Å². The van der Waals surface area contributed by atoms with Gasteiger partial charge in [-0.15, -0.1) is 0 Å². The number of likely N-dealkylation sites (tertiary alicyclic amines) is 1. The quantitative estimate of drug-likeness (QED) is 0.864. The number of Topliss-reactive ketones (excluding diaryl/α,β-unsaturated/α-hetero) is 1. The van der Waals surface area contributed by atoms with E-state index in [0.29, 0.717) is 29.2 Å². The van der Waals surface area contributed by atoms with Gasteiger partial charge < -0.3 is 9.84 Å². The van der Waals surface area contributed by atoms with Gasteiger partial charge in [-0.25, -0.2) is 0 Å². The first kappa shape index (κ1) is 15.9. The van der Waals surface area contributed by atoms with Crippen LogP contribution < -0.4 is 4.74 Å². The molecule has 0 unspecified atom stereocenters. The van der Waals surface area contributed by atoms with Crippen molar-refractivity contribution >= 4 is 11.9 Å². The number of phenols is 1. The Morgan fingerprint density at radius 3 is 2.76 bits per heavy atom. The monoisotopic (exact) mass is 335 g/mol. The number of aromatic hydroxyl groups is 1. The molecule has 0 saturated carbocycles. The zero-order valence-electron chi connectivity index (χ0n) is 14.3. The Morgan fingerprint density at radius 1 is 1.20 bits per heavy atom. The number of nitrogens with zero attached hydrogens (tertiary/aromatic N) is 1. The van der Waals surface area contributed by atoms with Crippen LogP contribution in [0.2, 0.25) is 0 Å². The van der Waals surface area contributed by atoms with Crippen molar-refractivity contribution in [1.82, 2.24) is 4.90 Å². The summed E-state index contributed by atoms with van der Waals surface area (Å²) in [5.74, 6) is 0.888. The molecule has 0 radical (unpaired) electrons. The second-order valence-corrected chi connectivity index (χ2v) is 6.78. The summed E-state index contributed by atoms with van der Waals surface area (Å²) in [5.41, 5.74) is 3.30. The lowest BCUT2D eigenvalue weighted by atomic mass is 10.0. The molecule has 25 heavy (non-hydrogen) atoms. The summed E-state index contributed by atoms with van der Waals surface area (Å²) in [6.07, 6.45) is 4.12. The molecule has 2 aliphatic heterocycles. The number of carbonyl (C=O) groups is 1. The Labute approximate surface area is 147 Å². The van der Waals surface area contributed by atoms with Gasteiger partial charge in [0.1, 0.15) is 11.5 Å². The molecular formula is C21H21NO3. The highest BCUT2D eigenvalue weighted by Gasteiger charge is 2.31. The maximum absolute atomic E-state index is 12.7. The molecule has 2 aromatic carbocycles. The second kappa shape index (κ2) is 6.37. The van der Waals surface area contributed by atoms with Gasteiger partial charge in [0.25, 0.3) is 0 Å². The highest BCUT2D eigenvalue weighted by molar-refractivity contribution is 6.15. The third-order valence-corrected chi connectivity index (χ3v) is 4.84. The predicted octanol–water partition coefficient (Wildman–Crippen LogP) is 3.91. The van der Waals surface area contributed by atoms with E-state index < -0.39 is 0 Å². The molecular weight excluding hydrogens is 314 g/mol. The fraction of sp³-hybridized carbons (Fsp3) is 0.286. The van der Waals surface area contributed by atoms with E-state index in [4.69, 9.17) is 4.74 Å². The summed E-state index contributed by atoms with van der Waals surface area (Å²) in [4.78, 5) is 15.0. The Balaban J connectivity index is 1.68. The molecule has 2 aromatic rings. The number of benzene rings is 2. The SMILES string of the molecule is Cc1cccc(/C=C2/Oc3c(ccc(O)c3CN3CCCC3)C2=O)c1. The predicted molar refractivity (Wildman–Crippen MR) is 96.7 cm³/mol.